The van der Waals surface area contributed by atoms with Gasteiger partial charge in [0.2, 0.25) is 0 Å². The van der Waals surface area contributed by atoms with Crippen molar-refractivity contribution in [1.29, 1.82) is 0 Å². The van der Waals surface area contributed by atoms with E-state index in [2.05, 4.69) is 32.9 Å². The molecule has 0 radical (unpaired) electrons. The Morgan fingerprint density at radius 1 is 1.14 bits per heavy atom. The molecular formula is C25H42NO3-. The summed E-state index contributed by atoms with van der Waals surface area (Å²) in [5.41, 5.74) is 1.91. The van der Waals surface area contributed by atoms with Gasteiger partial charge in [0.05, 0.1) is 17.8 Å². The molecule has 7 atom stereocenters. The van der Waals surface area contributed by atoms with Crippen LogP contribution in [0, 0.1) is 17.0 Å². The van der Waals surface area contributed by atoms with Crippen molar-refractivity contribution in [1.82, 2.24) is 5.06 Å². The number of hydroxylamine groups is 2. The van der Waals surface area contributed by atoms with Crippen molar-refractivity contribution >= 4 is 0 Å². The molecule has 0 aromatic carbocycles. The summed E-state index contributed by atoms with van der Waals surface area (Å²) in [4.78, 5) is 0. The van der Waals surface area contributed by atoms with Crippen LogP contribution in [0.15, 0.2) is 23.3 Å². The first-order chi connectivity index (χ1) is 13.7. The van der Waals surface area contributed by atoms with Crippen LogP contribution >= 0.6 is 0 Å². The van der Waals surface area contributed by atoms with Crippen molar-refractivity contribution in [3.8, 4) is 0 Å². The van der Waals surface area contributed by atoms with E-state index in [1.165, 1.54) is 29.1 Å². The number of ether oxygens (including phenoxy) is 1. The molecule has 0 spiro atoms. The summed E-state index contributed by atoms with van der Waals surface area (Å²) < 4.78 is 6.39. The number of fused-ring (bicyclic) bond motifs is 3. The molecule has 4 nitrogen and oxygen atoms in total. The second-order valence-corrected chi connectivity index (χ2v) is 10.4. The minimum Gasteiger partial charge on any atom is -0.785 e. The molecule has 0 aromatic rings. The van der Waals surface area contributed by atoms with Gasteiger partial charge in [-0.25, -0.2) is 0 Å². The van der Waals surface area contributed by atoms with Gasteiger partial charge in [-0.05, 0) is 91.4 Å². The first-order valence-electron chi connectivity index (χ1n) is 11.8. The molecule has 3 rings (SSSR count). The molecule has 7 unspecified atom stereocenters. The van der Waals surface area contributed by atoms with Gasteiger partial charge in [-0.2, -0.15) is 0 Å². The van der Waals surface area contributed by atoms with Gasteiger partial charge in [0.1, 0.15) is 0 Å². The molecular weight excluding hydrogens is 362 g/mol. The SMILES string of the molecule is CC(C)=CCCC(C)=CCCC(C)(O)C1CC2C3CCCCC3N([O-])C(C)C2O1. The number of rotatable bonds is 7. The van der Waals surface area contributed by atoms with E-state index in [1.54, 1.807) is 0 Å². The second kappa shape index (κ2) is 9.64. The van der Waals surface area contributed by atoms with Gasteiger partial charge in [-0.1, -0.05) is 36.1 Å². The zero-order valence-corrected chi connectivity index (χ0v) is 19.2. The van der Waals surface area contributed by atoms with Gasteiger partial charge in [-0.3, -0.25) is 0 Å². The van der Waals surface area contributed by atoms with E-state index >= 15 is 0 Å². The second-order valence-electron chi connectivity index (χ2n) is 10.4. The molecule has 1 saturated carbocycles. The predicted molar refractivity (Wildman–Crippen MR) is 119 cm³/mol. The van der Waals surface area contributed by atoms with Crippen LogP contribution in [0.3, 0.4) is 0 Å². The van der Waals surface area contributed by atoms with Gasteiger partial charge in [0.25, 0.3) is 0 Å². The molecule has 0 amide bonds. The summed E-state index contributed by atoms with van der Waals surface area (Å²) in [6.45, 7) is 10.4. The Labute approximate surface area is 178 Å². The lowest BCUT2D eigenvalue weighted by molar-refractivity contribution is -0.127. The Morgan fingerprint density at radius 3 is 2.59 bits per heavy atom. The van der Waals surface area contributed by atoms with E-state index in [4.69, 9.17) is 4.74 Å². The fourth-order valence-corrected chi connectivity index (χ4v) is 5.88. The number of allylic oxidation sites excluding steroid dienone is 4. The van der Waals surface area contributed by atoms with E-state index in [0.717, 1.165) is 38.5 Å². The van der Waals surface area contributed by atoms with E-state index in [-0.39, 0.29) is 24.3 Å². The first kappa shape index (κ1) is 23.0. The quantitative estimate of drug-likeness (QED) is 0.549. The number of hydrogen-bond acceptors (Lipinski definition) is 4. The molecule has 3 fully saturated rings. The Hall–Kier alpha value is -0.680. The van der Waals surface area contributed by atoms with Crippen molar-refractivity contribution in [2.75, 3.05) is 0 Å². The molecule has 29 heavy (non-hydrogen) atoms. The maximum atomic E-state index is 12.8. The van der Waals surface area contributed by atoms with Crippen LogP contribution in [0.25, 0.3) is 0 Å². The average Bonchev–Trinajstić information content (AvgIpc) is 3.12. The van der Waals surface area contributed by atoms with Gasteiger partial charge in [0, 0.05) is 12.1 Å². The molecule has 4 heteroatoms. The minimum atomic E-state index is -0.842. The van der Waals surface area contributed by atoms with Crippen molar-refractivity contribution in [2.24, 2.45) is 11.8 Å². The van der Waals surface area contributed by atoms with Crippen LogP contribution in [0.1, 0.15) is 92.4 Å². The topological polar surface area (TPSA) is 55.8 Å². The molecule has 0 aromatic heterocycles. The highest BCUT2D eigenvalue weighted by Gasteiger charge is 2.53. The normalized spacial score (nSPS) is 37.6. The first-order valence-corrected chi connectivity index (χ1v) is 11.8. The highest BCUT2D eigenvalue weighted by atomic mass is 16.5. The van der Waals surface area contributed by atoms with Crippen LogP contribution < -0.4 is 0 Å². The molecule has 2 saturated heterocycles. The lowest BCUT2D eigenvalue weighted by Gasteiger charge is -2.56. The predicted octanol–water partition coefficient (Wildman–Crippen LogP) is 5.74. The summed E-state index contributed by atoms with van der Waals surface area (Å²) in [7, 11) is 0. The van der Waals surface area contributed by atoms with Crippen molar-refractivity contribution in [3.05, 3.63) is 28.5 Å². The lowest BCUT2D eigenvalue weighted by atomic mass is 9.68. The Kier molecular flexibility index (Phi) is 7.64. The summed E-state index contributed by atoms with van der Waals surface area (Å²) in [6.07, 6.45) is 13.6. The fraction of sp³-hybridized carbons (Fsp3) is 0.840. The third kappa shape index (κ3) is 5.33. The molecule has 1 aliphatic carbocycles. The molecule has 3 aliphatic rings. The zero-order chi connectivity index (χ0) is 21.2. The van der Waals surface area contributed by atoms with Crippen LogP contribution in [0.2, 0.25) is 0 Å². The van der Waals surface area contributed by atoms with Crippen LogP contribution in [0.4, 0.5) is 0 Å². The summed E-state index contributed by atoms with van der Waals surface area (Å²) in [5.74, 6) is 0.874. The summed E-state index contributed by atoms with van der Waals surface area (Å²) in [6, 6.07) is 0.0658. The van der Waals surface area contributed by atoms with Gasteiger partial charge in [-0.15, -0.1) is 0 Å². The Bertz CT molecular complexity index is 607. The Morgan fingerprint density at radius 2 is 1.86 bits per heavy atom. The average molecular weight is 405 g/mol. The molecule has 2 aliphatic heterocycles. The van der Waals surface area contributed by atoms with Gasteiger partial charge >= 0.3 is 0 Å². The third-order valence-corrected chi connectivity index (χ3v) is 7.69. The van der Waals surface area contributed by atoms with Gasteiger partial charge < -0.3 is 20.1 Å². The van der Waals surface area contributed by atoms with Crippen LogP contribution in [-0.2, 0) is 4.74 Å². The lowest BCUT2D eigenvalue weighted by Crippen LogP contribution is -2.57. The minimum absolute atomic E-state index is 0.0235. The highest BCUT2D eigenvalue weighted by Crippen LogP contribution is 2.49. The van der Waals surface area contributed by atoms with Crippen LogP contribution in [-0.4, -0.2) is 40.1 Å². The monoisotopic (exact) mass is 404 g/mol. The fourth-order valence-electron chi connectivity index (χ4n) is 5.88. The maximum absolute atomic E-state index is 12.8. The molecule has 0 bridgehead atoms. The summed E-state index contributed by atoms with van der Waals surface area (Å²) >= 11 is 0. The van der Waals surface area contributed by atoms with E-state index in [1.807, 2.05) is 13.8 Å². The number of piperidine rings is 1. The maximum Gasteiger partial charge on any atom is 0.0883 e. The largest absolute Gasteiger partial charge is 0.785 e. The third-order valence-electron chi connectivity index (χ3n) is 7.69. The highest BCUT2D eigenvalue weighted by molar-refractivity contribution is 5.07. The zero-order valence-electron chi connectivity index (χ0n) is 19.2. The standard InChI is InChI=1S/C25H42NO3/c1-17(2)10-8-11-18(3)12-9-15-25(5,27)23-16-21-20-13-6-7-14-22(20)26(28)19(4)24(21)29-23/h10,12,19-24,27H,6-9,11,13-16H2,1-5H3/q-1. The van der Waals surface area contributed by atoms with Crippen molar-refractivity contribution in [2.45, 2.75) is 122 Å². The molecule has 1 N–H and O–H groups in total. The summed E-state index contributed by atoms with van der Waals surface area (Å²) in [5, 5.41) is 25.3. The smallest absolute Gasteiger partial charge is 0.0883 e. The van der Waals surface area contributed by atoms with Gasteiger partial charge in [0.15, 0.2) is 0 Å². The van der Waals surface area contributed by atoms with Crippen molar-refractivity contribution in [3.63, 3.8) is 0 Å². The number of hydrogen-bond donors (Lipinski definition) is 1. The van der Waals surface area contributed by atoms with Crippen LogP contribution in [0.5, 0.6) is 0 Å². The van der Waals surface area contributed by atoms with E-state index < -0.39 is 5.60 Å². The number of aliphatic hydroxyl groups is 1. The van der Waals surface area contributed by atoms with E-state index in [0.29, 0.717) is 18.3 Å². The van der Waals surface area contributed by atoms with Crippen molar-refractivity contribution < 1.29 is 9.84 Å². The number of nitrogens with zero attached hydrogens (tertiary/aromatic N) is 1. The molecule has 166 valence electrons. The van der Waals surface area contributed by atoms with E-state index in [9.17, 15) is 10.3 Å². The molecule has 2 heterocycles. The Balaban J connectivity index is 1.57.